The highest BCUT2D eigenvalue weighted by molar-refractivity contribution is 5.81. The van der Waals surface area contributed by atoms with E-state index in [4.69, 9.17) is 10.2 Å². The Balaban J connectivity index is 5.22. The van der Waals surface area contributed by atoms with Gasteiger partial charge in [0.25, 0.3) is 0 Å². The number of halogens is 5. The molecule has 0 aliphatic carbocycles. The molecule has 0 bridgehead atoms. The van der Waals surface area contributed by atoms with E-state index in [1.165, 1.54) is 0 Å². The van der Waals surface area contributed by atoms with E-state index in [1.807, 2.05) is 0 Å². The van der Waals surface area contributed by atoms with Gasteiger partial charge in [-0.25, -0.2) is 9.18 Å². The first-order valence-corrected chi connectivity index (χ1v) is 3.65. The van der Waals surface area contributed by atoms with Crippen molar-refractivity contribution in [3.8, 4) is 0 Å². The number of hydrogen-bond donors (Lipinski definition) is 2. The van der Waals surface area contributed by atoms with Gasteiger partial charge in [-0.2, -0.15) is 17.6 Å². The zero-order valence-electron chi connectivity index (χ0n) is 7.59. The summed E-state index contributed by atoms with van der Waals surface area (Å²) in [5.41, 5.74) is -5.14. The lowest BCUT2D eigenvalue weighted by molar-refractivity contribution is -0.395. The number of carbonyl (C=O) groups excluding carboxylic acids is 1. The summed E-state index contributed by atoms with van der Waals surface area (Å²) in [5.74, 6) is -1.90. The van der Waals surface area contributed by atoms with E-state index in [1.54, 1.807) is 0 Å². The Morgan fingerprint density at radius 3 is 2.00 bits per heavy atom. The number of ether oxygens (including phenoxy) is 1. The van der Waals surface area contributed by atoms with Crippen LogP contribution in [0.4, 0.5) is 22.0 Å². The molecule has 4 nitrogen and oxygen atoms in total. The van der Waals surface area contributed by atoms with Crippen molar-refractivity contribution in [2.75, 3.05) is 6.61 Å². The van der Waals surface area contributed by atoms with E-state index in [-0.39, 0.29) is 6.08 Å². The normalized spacial score (nSPS) is 16.4. The van der Waals surface area contributed by atoms with Gasteiger partial charge in [0.1, 0.15) is 0 Å². The first-order valence-electron chi connectivity index (χ1n) is 3.65. The molecule has 0 spiro atoms. The Kier molecular flexibility index (Phi) is 4.01. The van der Waals surface area contributed by atoms with E-state index in [0.717, 1.165) is 0 Å². The molecule has 0 rings (SSSR count). The van der Waals surface area contributed by atoms with Crippen molar-refractivity contribution in [1.82, 2.24) is 0 Å². The highest BCUT2D eigenvalue weighted by Crippen LogP contribution is 2.43. The molecule has 9 heteroatoms. The lowest BCUT2D eigenvalue weighted by atomic mass is 10.1. The van der Waals surface area contributed by atoms with Gasteiger partial charge in [0.05, 0.1) is 6.61 Å². The van der Waals surface area contributed by atoms with Crippen LogP contribution in [0.2, 0.25) is 0 Å². The van der Waals surface area contributed by atoms with Gasteiger partial charge in [-0.1, -0.05) is 6.58 Å². The second kappa shape index (κ2) is 4.34. The number of aliphatic hydroxyl groups is 2. The van der Waals surface area contributed by atoms with Crippen LogP contribution in [0, 0.1) is 0 Å². The van der Waals surface area contributed by atoms with Crippen molar-refractivity contribution in [1.29, 1.82) is 0 Å². The number of aliphatic hydroxyl groups excluding tert-OH is 1. The van der Waals surface area contributed by atoms with Gasteiger partial charge in [-0.05, 0) is 0 Å². The van der Waals surface area contributed by atoms with Crippen molar-refractivity contribution in [3.63, 3.8) is 0 Å². The first-order chi connectivity index (χ1) is 7.02. The van der Waals surface area contributed by atoms with E-state index >= 15 is 0 Å². The molecule has 0 heterocycles. The van der Waals surface area contributed by atoms with Crippen LogP contribution in [0.3, 0.4) is 0 Å². The predicted molar refractivity (Wildman–Crippen MR) is 39.3 cm³/mol. The maximum atomic E-state index is 13.0. The lowest BCUT2D eigenvalue weighted by Gasteiger charge is -2.32. The third-order valence-electron chi connectivity index (χ3n) is 1.55. The molecule has 2 N–H and O–H groups in total. The van der Waals surface area contributed by atoms with Gasteiger partial charge in [0.15, 0.2) is 0 Å². The minimum atomic E-state index is -5.60. The summed E-state index contributed by atoms with van der Waals surface area (Å²) in [5, 5.41) is 16.0. The van der Waals surface area contributed by atoms with Crippen molar-refractivity contribution in [2.45, 2.75) is 17.9 Å². The summed E-state index contributed by atoms with van der Waals surface area (Å²) in [6.07, 6.45) is -10.9. The van der Waals surface area contributed by atoms with Crippen LogP contribution in [0.15, 0.2) is 12.7 Å². The Bertz CT molecular complexity index is 287. The second-order valence-corrected chi connectivity index (χ2v) is 2.64. The van der Waals surface area contributed by atoms with Crippen LogP contribution >= 0.6 is 0 Å². The molecule has 0 aliphatic heterocycles. The average Bonchev–Trinajstić information content (AvgIpc) is 2.13. The minimum absolute atomic E-state index is 0.168. The summed E-state index contributed by atoms with van der Waals surface area (Å²) < 4.78 is 65.8. The Hall–Kier alpha value is -1.22. The largest absolute Gasteiger partial charge is 0.446 e. The fraction of sp³-hybridized carbons (Fsp3) is 0.571. The molecule has 1 atom stereocenters. The SMILES string of the molecule is C=CC(=O)OC(F)(F)C(F)(CO)C(O)(F)F. The molecular weight excluding hydrogens is 243 g/mol. The Morgan fingerprint density at radius 1 is 1.31 bits per heavy atom. The molecule has 94 valence electrons. The zero-order valence-corrected chi connectivity index (χ0v) is 7.59. The van der Waals surface area contributed by atoms with Gasteiger partial charge in [-0.15, -0.1) is 0 Å². The Morgan fingerprint density at radius 2 is 1.75 bits per heavy atom. The summed E-state index contributed by atoms with van der Waals surface area (Å²) in [6, 6.07) is 0. The van der Waals surface area contributed by atoms with Gasteiger partial charge in [0, 0.05) is 6.08 Å². The lowest BCUT2D eigenvalue weighted by Crippen LogP contribution is -2.61. The number of hydrogen-bond acceptors (Lipinski definition) is 4. The molecule has 0 fully saturated rings. The molecule has 0 aromatic heterocycles. The number of rotatable bonds is 5. The number of alkyl halides is 5. The minimum Gasteiger partial charge on any atom is -0.395 e. The van der Waals surface area contributed by atoms with E-state index < -0.39 is 30.5 Å². The van der Waals surface area contributed by atoms with E-state index in [0.29, 0.717) is 0 Å². The summed E-state index contributed by atoms with van der Waals surface area (Å²) in [6.45, 7) is 0.208. The zero-order chi connectivity index (χ0) is 13.2. The third-order valence-corrected chi connectivity index (χ3v) is 1.55. The highest BCUT2D eigenvalue weighted by Gasteiger charge is 2.72. The fourth-order valence-electron chi connectivity index (χ4n) is 0.611. The quantitative estimate of drug-likeness (QED) is 0.426. The predicted octanol–water partition coefficient (Wildman–Crippen LogP) is 0.594. The molecular formula is C7H7F5O4. The highest BCUT2D eigenvalue weighted by atomic mass is 19.3. The van der Waals surface area contributed by atoms with Crippen LogP contribution in [0.5, 0.6) is 0 Å². The standard InChI is InChI=1S/C7H7F5O4/c1-2-4(14)16-7(11,12)5(8,3-13)6(9,10)15/h2,13,15H,1,3H2. The van der Waals surface area contributed by atoms with Crippen LogP contribution in [0.25, 0.3) is 0 Å². The van der Waals surface area contributed by atoms with Gasteiger partial charge in [0.2, 0.25) is 0 Å². The molecule has 0 radical (unpaired) electrons. The van der Waals surface area contributed by atoms with Crippen molar-refractivity contribution in [2.24, 2.45) is 0 Å². The van der Waals surface area contributed by atoms with Gasteiger partial charge in [-0.3, -0.25) is 0 Å². The molecule has 0 aliphatic rings. The summed E-state index contributed by atoms with van der Waals surface area (Å²) in [7, 11) is 0. The molecule has 1 unspecified atom stereocenters. The van der Waals surface area contributed by atoms with Crippen molar-refractivity contribution < 1.29 is 41.7 Å². The Labute approximate surface area is 85.9 Å². The molecule has 16 heavy (non-hydrogen) atoms. The third kappa shape index (κ3) is 2.47. The molecule has 0 amide bonds. The van der Waals surface area contributed by atoms with Gasteiger partial charge < -0.3 is 14.9 Å². The number of esters is 1. The van der Waals surface area contributed by atoms with Crippen molar-refractivity contribution >= 4 is 5.97 Å². The summed E-state index contributed by atoms with van der Waals surface area (Å²) >= 11 is 0. The fourth-order valence-corrected chi connectivity index (χ4v) is 0.611. The molecule has 0 aromatic carbocycles. The van der Waals surface area contributed by atoms with E-state index in [2.05, 4.69) is 11.3 Å². The van der Waals surface area contributed by atoms with E-state index in [9.17, 15) is 26.7 Å². The van der Waals surface area contributed by atoms with Crippen LogP contribution in [0.1, 0.15) is 0 Å². The first kappa shape index (κ1) is 14.8. The summed E-state index contributed by atoms with van der Waals surface area (Å²) in [4.78, 5) is 10.3. The smallest absolute Gasteiger partial charge is 0.395 e. The van der Waals surface area contributed by atoms with Crippen LogP contribution in [-0.2, 0) is 9.53 Å². The maximum Gasteiger partial charge on any atom is 0.446 e. The van der Waals surface area contributed by atoms with Gasteiger partial charge >= 0.3 is 23.9 Å². The molecule has 0 saturated carbocycles. The average molecular weight is 250 g/mol. The topological polar surface area (TPSA) is 66.8 Å². The van der Waals surface area contributed by atoms with Crippen molar-refractivity contribution in [3.05, 3.63) is 12.7 Å². The second-order valence-electron chi connectivity index (χ2n) is 2.64. The molecule has 0 saturated heterocycles. The van der Waals surface area contributed by atoms with Crippen LogP contribution in [-0.4, -0.2) is 40.7 Å². The van der Waals surface area contributed by atoms with Crippen LogP contribution < -0.4 is 0 Å². The number of carbonyl (C=O) groups is 1. The monoisotopic (exact) mass is 250 g/mol. The molecule has 0 aromatic rings. The maximum absolute atomic E-state index is 13.0.